The van der Waals surface area contributed by atoms with Gasteiger partial charge >= 0.3 is 11.9 Å². The molecule has 1 fully saturated rings. The summed E-state index contributed by atoms with van der Waals surface area (Å²) >= 11 is 0. The minimum Gasteiger partial charge on any atom is -0.479 e. The number of hydrogen-bond donors (Lipinski definition) is 2. The number of methoxy groups -OCH3 is 1. The van der Waals surface area contributed by atoms with Crippen LogP contribution in [0.25, 0.3) is 0 Å². The van der Waals surface area contributed by atoms with Gasteiger partial charge in [0.15, 0.2) is 6.10 Å². The first-order valence-electron chi connectivity index (χ1n) is 6.13. The van der Waals surface area contributed by atoms with Gasteiger partial charge in [-0.25, -0.2) is 9.59 Å². The molecule has 7 nitrogen and oxygen atoms in total. The summed E-state index contributed by atoms with van der Waals surface area (Å²) in [6.07, 6.45) is -1.16. The van der Waals surface area contributed by atoms with Gasteiger partial charge in [-0.3, -0.25) is 4.79 Å². The second-order valence-corrected chi connectivity index (χ2v) is 4.78. The molecule has 2 N–H and O–H groups in total. The molecular weight excluding hydrogens is 254 g/mol. The Balaban J connectivity index is 2.59. The molecule has 1 saturated heterocycles. The maximum atomic E-state index is 11.9. The zero-order valence-corrected chi connectivity index (χ0v) is 11.2. The molecule has 108 valence electrons. The van der Waals surface area contributed by atoms with Crippen LogP contribution in [0.2, 0.25) is 0 Å². The number of ether oxygens (including phenoxy) is 2. The summed E-state index contributed by atoms with van der Waals surface area (Å²) in [6, 6.07) is -0.759. The summed E-state index contributed by atoms with van der Waals surface area (Å²) in [6.45, 7) is 3.55. The molecule has 3 atom stereocenters. The lowest BCUT2D eigenvalue weighted by Crippen LogP contribution is -2.48. The average molecular weight is 273 g/mol. The van der Waals surface area contributed by atoms with E-state index < -0.39 is 36.1 Å². The SMILES string of the molecule is COC(=O)[C@@H](NC(=O)[C@@H]1CC[C@H](C(=O)O)O1)C(C)C. The summed E-state index contributed by atoms with van der Waals surface area (Å²) in [4.78, 5) is 34.1. The molecule has 0 aromatic heterocycles. The number of nitrogens with one attached hydrogen (secondary N) is 1. The summed E-state index contributed by atoms with van der Waals surface area (Å²) in [5, 5.41) is 11.3. The minimum absolute atomic E-state index is 0.131. The van der Waals surface area contributed by atoms with Crippen LogP contribution in [0.5, 0.6) is 0 Å². The Kier molecular flexibility index (Phi) is 5.29. The van der Waals surface area contributed by atoms with Crippen LogP contribution in [0, 0.1) is 5.92 Å². The second kappa shape index (κ2) is 6.51. The Hall–Kier alpha value is -1.63. The Morgan fingerprint density at radius 1 is 1.26 bits per heavy atom. The van der Waals surface area contributed by atoms with Gasteiger partial charge in [0, 0.05) is 0 Å². The molecule has 1 rings (SSSR count). The van der Waals surface area contributed by atoms with Gasteiger partial charge in [-0.05, 0) is 18.8 Å². The fourth-order valence-corrected chi connectivity index (χ4v) is 1.88. The number of hydrogen-bond acceptors (Lipinski definition) is 5. The highest BCUT2D eigenvalue weighted by Crippen LogP contribution is 2.20. The fraction of sp³-hybridized carbons (Fsp3) is 0.750. The molecular formula is C12H19NO6. The Labute approximate surface area is 111 Å². The molecule has 1 heterocycles. The number of carbonyl (C=O) groups excluding carboxylic acids is 2. The molecule has 19 heavy (non-hydrogen) atoms. The monoisotopic (exact) mass is 273 g/mol. The van der Waals surface area contributed by atoms with E-state index in [1.165, 1.54) is 7.11 Å². The molecule has 1 amide bonds. The smallest absolute Gasteiger partial charge is 0.332 e. The predicted octanol–water partition coefficient (Wildman–Crippen LogP) is -0.0676. The topological polar surface area (TPSA) is 102 Å². The highest BCUT2D eigenvalue weighted by Gasteiger charge is 2.36. The Morgan fingerprint density at radius 3 is 2.26 bits per heavy atom. The van der Waals surface area contributed by atoms with E-state index in [1.54, 1.807) is 13.8 Å². The lowest BCUT2D eigenvalue weighted by Gasteiger charge is -2.21. The molecule has 0 unspecified atom stereocenters. The van der Waals surface area contributed by atoms with E-state index in [4.69, 9.17) is 9.84 Å². The molecule has 1 aliphatic rings. The summed E-state index contributed by atoms with van der Waals surface area (Å²) in [5.74, 6) is -2.22. The van der Waals surface area contributed by atoms with Crippen LogP contribution in [-0.4, -0.2) is 48.3 Å². The van der Waals surface area contributed by atoms with Gasteiger partial charge in [-0.15, -0.1) is 0 Å². The highest BCUT2D eigenvalue weighted by molar-refractivity contribution is 5.87. The van der Waals surface area contributed by atoms with E-state index in [0.717, 1.165) is 0 Å². The van der Waals surface area contributed by atoms with Crippen molar-refractivity contribution in [3.05, 3.63) is 0 Å². The number of aliphatic carboxylic acids is 1. The van der Waals surface area contributed by atoms with E-state index in [9.17, 15) is 14.4 Å². The maximum Gasteiger partial charge on any atom is 0.332 e. The number of rotatable bonds is 5. The van der Waals surface area contributed by atoms with Crippen molar-refractivity contribution in [3.63, 3.8) is 0 Å². The number of carbonyl (C=O) groups is 3. The van der Waals surface area contributed by atoms with Crippen molar-refractivity contribution in [2.24, 2.45) is 5.92 Å². The third kappa shape index (κ3) is 3.92. The van der Waals surface area contributed by atoms with Gasteiger partial charge in [-0.2, -0.15) is 0 Å². The molecule has 1 aliphatic heterocycles. The van der Waals surface area contributed by atoms with Gasteiger partial charge in [-0.1, -0.05) is 13.8 Å². The molecule has 0 radical (unpaired) electrons. The first-order chi connectivity index (χ1) is 8.86. The summed E-state index contributed by atoms with van der Waals surface area (Å²) < 4.78 is 9.72. The Bertz CT molecular complexity index is 367. The molecule has 0 aromatic rings. The third-order valence-electron chi connectivity index (χ3n) is 3.01. The summed E-state index contributed by atoms with van der Waals surface area (Å²) in [7, 11) is 1.25. The van der Waals surface area contributed by atoms with E-state index in [2.05, 4.69) is 10.1 Å². The van der Waals surface area contributed by atoms with Crippen molar-refractivity contribution >= 4 is 17.8 Å². The fourth-order valence-electron chi connectivity index (χ4n) is 1.88. The van der Waals surface area contributed by atoms with Gasteiger partial charge in [0.05, 0.1) is 7.11 Å². The maximum absolute atomic E-state index is 11.9. The Morgan fingerprint density at radius 2 is 1.84 bits per heavy atom. The first kappa shape index (κ1) is 15.4. The van der Waals surface area contributed by atoms with E-state index in [-0.39, 0.29) is 12.3 Å². The lowest BCUT2D eigenvalue weighted by molar-refractivity contribution is -0.154. The minimum atomic E-state index is -1.08. The number of carboxylic acids is 1. The van der Waals surface area contributed by atoms with E-state index >= 15 is 0 Å². The zero-order valence-electron chi connectivity index (χ0n) is 11.2. The number of carboxylic acid groups (broad SMARTS) is 1. The zero-order chi connectivity index (χ0) is 14.6. The van der Waals surface area contributed by atoms with E-state index in [1.807, 2.05) is 0 Å². The molecule has 0 aromatic carbocycles. The predicted molar refractivity (Wildman–Crippen MR) is 64.3 cm³/mol. The van der Waals surface area contributed by atoms with Crippen molar-refractivity contribution in [3.8, 4) is 0 Å². The van der Waals surface area contributed by atoms with Crippen molar-refractivity contribution in [1.82, 2.24) is 5.32 Å². The van der Waals surface area contributed by atoms with Crippen molar-refractivity contribution in [2.45, 2.75) is 44.9 Å². The van der Waals surface area contributed by atoms with Gasteiger partial charge < -0.3 is 19.9 Å². The van der Waals surface area contributed by atoms with Crippen molar-refractivity contribution in [1.29, 1.82) is 0 Å². The normalized spacial score (nSPS) is 24.0. The molecule has 0 aliphatic carbocycles. The van der Waals surface area contributed by atoms with Crippen molar-refractivity contribution in [2.75, 3.05) is 7.11 Å². The highest BCUT2D eigenvalue weighted by atomic mass is 16.5. The standard InChI is InChI=1S/C12H19NO6/c1-6(2)9(12(17)18-3)13-10(14)7-4-5-8(19-7)11(15)16/h6-9H,4-5H2,1-3H3,(H,13,14)(H,15,16)/t7-,8+,9-/m0/s1. The van der Waals surface area contributed by atoms with E-state index in [0.29, 0.717) is 6.42 Å². The van der Waals surface area contributed by atoms with Crippen LogP contribution in [-0.2, 0) is 23.9 Å². The first-order valence-corrected chi connectivity index (χ1v) is 6.13. The lowest BCUT2D eigenvalue weighted by atomic mass is 10.0. The van der Waals surface area contributed by atoms with Gasteiger partial charge in [0.2, 0.25) is 5.91 Å². The number of amides is 1. The third-order valence-corrected chi connectivity index (χ3v) is 3.01. The average Bonchev–Trinajstić information content (AvgIpc) is 2.84. The molecule has 0 bridgehead atoms. The quantitative estimate of drug-likeness (QED) is 0.680. The molecule has 0 saturated carbocycles. The molecule has 0 spiro atoms. The van der Waals surface area contributed by atoms with Gasteiger partial charge in [0.25, 0.3) is 0 Å². The van der Waals surface area contributed by atoms with Crippen molar-refractivity contribution < 1.29 is 29.0 Å². The summed E-state index contributed by atoms with van der Waals surface area (Å²) in [5.41, 5.74) is 0. The van der Waals surface area contributed by atoms with Crippen LogP contribution in [0.1, 0.15) is 26.7 Å². The number of esters is 1. The molecule has 7 heteroatoms. The van der Waals surface area contributed by atoms with Crippen LogP contribution in [0.4, 0.5) is 0 Å². The van der Waals surface area contributed by atoms with Crippen LogP contribution >= 0.6 is 0 Å². The van der Waals surface area contributed by atoms with Gasteiger partial charge in [0.1, 0.15) is 12.1 Å². The largest absolute Gasteiger partial charge is 0.479 e. The second-order valence-electron chi connectivity index (χ2n) is 4.78. The van der Waals surface area contributed by atoms with Crippen LogP contribution < -0.4 is 5.32 Å². The van der Waals surface area contributed by atoms with Crippen LogP contribution in [0.3, 0.4) is 0 Å². The van der Waals surface area contributed by atoms with Crippen LogP contribution in [0.15, 0.2) is 0 Å².